The molecule has 0 spiro atoms. The number of rotatable bonds is 4. The Bertz CT molecular complexity index is 118. The molecule has 5 nitrogen and oxygen atoms in total. The molecule has 2 N–H and O–H groups in total. The molecule has 0 aliphatic carbocycles. The van der Waals surface area contributed by atoms with Crippen molar-refractivity contribution in [3.8, 4) is 0 Å². The SMILES string of the molecule is CCOCN(N)C(=O)OCC. The van der Waals surface area contributed by atoms with Gasteiger partial charge in [-0.15, -0.1) is 0 Å². The van der Waals surface area contributed by atoms with Gasteiger partial charge in [0.25, 0.3) is 0 Å². The van der Waals surface area contributed by atoms with Crippen LogP contribution in [0.4, 0.5) is 4.79 Å². The molecule has 0 aliphatic heterocycles. The first-order valence-electron chi connectivity index (χ1n) is 3.49. The standard InChI is InChI=1S/C6H14N2O3/c1-3-10-5-8(7)6(9)11-4-2/h3-5,7H2,1-2H3. The van der Waals surface area contributed by atoms with Crippen LogP contribution in [0.5, 0.6) is 0 Å². The highest BCUT2D eigenvalue weighted by molar-refractivity contribution is 5.66. The Morgan fingerprint density at radius 1 is 1.45 bits per heavy atom. The summed E-state index contributed by atoms with van der Waals surface area (Å²) in [7, 11) is 0. The van der Waals surface area contributed by atoms with E-state index in [-0.39, 0.29) is 6.73 Å². The maximum Gasteiger partial charge on any atom is 0.426 e. The largest absolute Gasteiger partial charge is 0.449 e. The molecule has 0 fully saturated rings. The second-order valence-electron chi connectivity index (χ2n) is 1.79. The van der Waals surface area contributed by atoms with Gasteiger partial charge < -0.3 is 9.47 Å². The zero-order chi connectivity index (χ0) is 8.69. The third-order valence-corrected chi connectivity index (χ3v) is 0.937. The van der Waals surface area contributed by atoms with Crippen LogP contribution >= 0.6 is 0 Å². The molecule has 11 heavy (non-hydrogen) atoms. The first kappa shape index (κ1) is 10.2. The Morgan fingerprint density at radius 2 is 2.09 bits per heavy atom. The maximum atomic E-state index is 10.7. The Kier molecular flexibility index (Phi) is 5.50. The zero-order valence-electron chi connectivity index (χ0n) is 6.87. The summed E-state index contributed by atoms with van der Waals surface area (Å²) in [5.41, 5.74) is 0. The minimum absolute atomic E-state index is 0.0648. The molecular formula is C6H14N2O3. The predicted molar refractivity (Wildman–Crippen MR) is 39.5 cm³/mol. The van der Waals surface area contributed by atoms with Gasteiger partial charge in [-0.1, -0.05) is 0 Å². The van der Waals surface area contributed by atoms with Crippen molar-refractivity contribution >= 4 is 6.09 Å². The van der Waals surface area contributed by atoms with Crippen molar-refractivity contribution in [3.05, 3.63) is 0 Å². The molecule has 5 heteroatoms. The topological polar surface area (TPSA) is 64.8 Å². The van der Waals surface area contributed by atoms with E-state index in [9.17, 15) is 4.79 Å². The van der Waals surface area contributed by atoms with Crippen LogP contribution in [0.25, 0.3) is 0 Å². The third kappa shape index (κ3) is 4.58. The summed E-state index contributed by atoms with van der Waals surface area (Å²) in [5.74, 6) is 5.22. The number of carbonyl (C=O) groups is 1. The van der Waals surface area contributed by atoms with E-state index in [0.29, 0.717) is 13.2 Å². The number of carbonyl (C=O) groups excluding carboxylic acids is 1. The first-order valence-corrected chi connectivity index (χ1v) is 3.49. The minimum atomic E-state index is -0.569. The molecule has 0 saturated carbocycles. The molecule has 0 unspecified atom stereocenters. The van der Waals surface area contributed by atoms with Crippen molar-refractivity contribution in [2.75, 3.05) is 19.9 Å². The number of nitrogens with zero attached hydrogens (tertiary/aromatic N) is 1. The minimum Gasteiger partial charge on any atom is -0.449 e. The molecule has 0 aromatic heterocycles. The van der Waals surface area contributed by atoms with Gasteiger partial charge >= 0.3 is 6.09 Å². The monoisotopic (exact) mass is 162 g/mol. The van der Waals surface area contributed by atoms with E-state index in [2.05, 4.69) is 4.74 Å². The Hall–Kier alpha value is -0.810. The molecule has 1 amide bonds. The van der Waals surface area contributed by atoms with Crippen molar-refractivity contribution in [2.24, 2.45) is 5.84 Å². The molecule has 0 heterocycles. The number of hydrazine groups is 1. The number of hydrogen-bond donors (Lipinski definition) is 1. The molecule has 0 bridgehead atoms. The summed E-state index contributed by atoms with van der Waals surface area (Å²) in [5, 5.41) is 0.882. The van der Waals surface area contributed by atoms with Crippen LogP contribution in [0, 0.1) is 0 Å². The summed E-state index contributed by atoms with van der Waals surface area (Å²) in [6.45, 7) is 4.44. The van der Waals surface area contributed by atoms with Crippen molar-refractivity contribution in [1.82, 2.24) is 5.01 Å². The second-order valence-corrected chi connectivity index (χ2v) is 1.79. The lowest BCUT2D eigenvalue weighted by atomic mass is 10.8. The molecular weight excluding hydrogens is 148 g/mol. The average molecular weight is 162 g/mol. The fourth-order valence-corrected chi connectivity index (χ4v) is 0.449. The smallest absolute Gasteiger partial charge is 0.426 e. The van der Waals surface area contributed by atoms with Gasteiger partial charge in [0.05, 0.1) is 6.61 Å². The Labute approximate surface area is 66.0 Å². The lowest BCUT2D eigenvalue weighted by Crippen LogP contribution is -2.39. The van der Waals surface area contributed by atoms with Crippen LogP contribution < -0.4 is 5.84 Å². The number of amides is 1. The zero-order valence-corrected chi connectivity index (χ0v) is 6.87. The summed E-state index contributed by atoms with van der Waals surface area (Å²) >= 11 is 0. The summed E-state index contributed by atoms with van der Waals surface area (Å²) in [6, 6.07) is 0. The highest BCUT2D eigenvalue weighted by atomic mass is 16.6. The van der Waals surface area contributed by atoms with Gasteiger partial charge in [0.2, 0.25) is 0 Å². The van der Waals surface area contributed by atoms with Gasteiger partial charge in [-0.2, -0.15) is 0 Å². The summed E-state index contributed by atoms with van der Waals surface area (Å²) in [6.07, 6.45) is -0.569. The van der Waals surface area contributed by atoms with Gasteiger partial charge in [0.1, 0.15) is 6.73 Å². The molecule has 0 aromatic rings. The fourth-order valence-electron chi connectivity index (χ4n) is 0.449. The fraction of sp³-hybridized carbons (Fsp3) is 0.833. The summed E-state index contributed by atoms with van der Waals surface area (Å²) in [4.78, 5) is 10.7. The van der Waals surface area contributed by atoms with Gasteiger partial charge in [-0.05, 0) is 13.8 Å². The van der Waals surface area contributed by atoms with Crippen LogP contribution in [0.2, 0.25) is 0 Å². The van der Waals surface area contributed by atoms with E-state index in [1.54, 1.807) is 6.92 Å². The van der Waals surface area contributed by atoms with Crippen LogP contribution in [-0.4, -0.2) is 31.0 Å². The van der Waals surface area contributed by atoms with Crippen LogP contribution in [0.3, 0.4) is 0 Å². The highest BCUT2D eigenvalue weighted by Gasteiger charge is 2.08. The van der Waals surface area contributed by atoms with Crippen LogP contribution in [-0.2, 0) is 9.47 Å². The molecule has 0 saturated heterocycles. The van der Waals surface area contributed by atoms with Gasteiger partial charge in [-0.25, -0.2) is 15.6 Å². The molecule has 0 aromatic carbocycles. The first-order chi connectivity index (χ1) is 5.22. The van der Waals surface area contributed by atoms with Crippen molar-refractivity contribution in [1.29, 1.82) is 0 Å². The molecule has 0 aliphatic rings. The van der Waals surface area contributed by atoms with Crippen LogP contribution in [0.1, 0.15) is 13.8 Å². The Balaban J connectivity index is 3.46. The molecule has 0 rings (SSSR count). The normalized spacial score (nSPS) is 9.36. The van der Waals surface area contributed by atoms with Gasteiger partial charge in [0.15, 0.2) is 0 Å². The van der Waals surface area contributed by atoms with Gasteiger partial charge in [-0.3, -0.25) is 0 Å². The molecule has 0 atom stereocenters. The molecule has 0 radical (unpaired) electrons. The number of nitrogens with two attached hydrogens (primary N) is 1. The number of ether oxygens (including phenoxy) is 2. The van der Waals surface area contributed by atoms with E-state index in [1.165, 1.54) is 0 Å². The van der Waals surface area contributed by atoms with Crippen molar-refractivity contribution in [2.45, 2.75) is 13.8 Å². The molecule has 66 valence electrons. The van der Waals surface area contributed by atoms with Crippen molar-refractivity contribution in [3.63, 3.8) is 0 Å². The highest BCUT2D eigenvalue weighted by Crippen LogP contribution is 1.86. The third-order valence-electron chi connectivity index (χ3n) is 0.937. The van der Waals surface area contributed by atoms with Crippen molar-refractivity contribution < 1.29 is 14.3 Å². The lowest BCUT2D eigenvalue weighted by Gasteiger charge is -2.14. The Morgan fingerprint density at radius 3 is 2.55 bits per heavy atom. The van der Waals surface area contributed by atoms with E-state index < -0.39 is 6.09 Å². The van der Waals surface area contributed by atoms with E-state index in [4.69, 9.17) is 10.6 Å². The predicted octanol–water partition coefficient (Wildman–Crippen LogP) is 0.313. The summed E-state index contributed by atoms with van der Waals surface area (Å²) < 4.78 is 9.45. The average Bonchev–Trinajstić information content (AvgIpc) is 2.00. The second kappa shape index (κ2) is 5.94. The van der Waals surface area contributed by atoms with Gasteiger partial charge in [0, 0.05) is 6.61 Å². The maximum absolute atomic E-state index is 10.7. The quantitative estimate of drug-likeness (QED) is 0.280. The van der Waals surface area contributed by atoms with E-state index >= 15 is 0 Å². The van der Waals surface area contributed by atoms with Crippen LogP contribution in [0.15, 0.2) is 0 Å². The number of hydrogen-bond acceptors (Lipinski definition) is 4. The van der Waals surface area contributed by atoms with E-state index in [0.717, 1.165) is 5.01 Å². The lowest BCUT2D eigenvalue weighted by molar-refractivity contribution is 0.0254. The van der Waals surface area contributed by atoms with E-state index in [1.807, 2.05) is 6.92 Å².